The molecule has 0 amide bonds. The molecule has 1 saturated carbocycles. The predicted octanol–water partition coefficient (Wildman–Crippen LogP) is 6.62. The van der Waals surface area contributed by atoms with E-state index < -0.39 is 13.9 Å². The van der Waals surface area contributed by atoms with Gasteiger partial charge in [-0.1, -0.05) is 64.1 Å². The van der Waals surface area contributed by atoms with Gasteiger partial charge in [-0.3, -0.25) is 4.79 Å². The highest BCUT2D eigenvalue weighted by Gasteiger charge is 2.55. The first kappa shape index (κ1) is 24.2. The molecule has 0 radical (unpaired) electrons. The molecule has 4 heteroatoms. The summed E-state index contributed by atoms with van der Waals surface area (Å²) < 4.78 is 6.59. The maximum Gasteiger partial charge on any atom is 0.250 e. The van der Waals surface area contributed by atoms with E-state index in [0.29, 0.717) is 25.2 Å². The molecule has 2 aliphatic rings. The third-order valence-corrected chi connectivity index (χ3v) is 13.2. The van der Waals surface area contributed by atoms with Crippen LogP contribution in [0.3, 0.4) is 0 Å². The van der Waals surface area contributed by atoms with E-state index >= 15 is 0 Å². The highest BCUT2D eigenvalue weighted by Crippen LogP contribution is 2.54. The standard InChI is InChI=1S/C29H40O3Si/c1-7-28-20-26(30)29(31,18-21-11-9-8-10-12-21)19-23(28)14-13-22-17-24(15-16-25(22)28)32-33(5,6)27(2,3)4/h8-12,15-17,23,31H,7,13-14,18-20H2,1-6H3. The molecule has 4 rings (SSSR count). The van der Waals surface area contributed by atoms with Gasteiger partial charge in [0.05, 0.1) is 0 Å². The van der Waals surface area contributed by atoms with Gasteiger partial charge in [0.25, 0.3) is 0 Å². The fourth-order valence-electron chi connectivity index (χ4n) is 5.82. The molecule has 2 aromatic rings. The maximum absolute atomic E-state index is 13.4. The highest BCUT2D eigenvalue weighted by atomic mass is 28.4. The number of hydrogen-bond acceptors (Lipinski definition) is 3. The van der Waals surface area contributed by atoms with Gasteiger partial charge in [0.15, 0.2) is 5.78 Å². The Morgan fingerprint density at radius 3 is 2.45 bits per heavy atom. The molecular weight excluding hydrogens is 424 g/mol. The minimum absolute atomic E-state index is 0.00102. The van der Waals surface area contributed by atoms with Crippen molar-refractivity contribution < 1.29 is 14.3 Å². The number of ketones is 1. The SMILES string of the molecule is CCC12CC(=O)C(O)(Cc3ccccc3)CC1CCc1cc(O[Si](C)(C)C(C)(C)C)ccc12. The number of carbonyl (C=O) groups excluding carboxylic acids is 1. The highest BCUT2D eigenvalue weighted by molar-refractivity contribution is 6.74. The summed E-state index contributed by atoms with van der Waals surface area (Å²) in [4.78, 5) is 13.4. The van der Waals surface area contributed by atoms with E-state index in [0.717, 1.165) is 30.6 Å². The molecule has 0 heterocycles. The summed E-state index contributed by atoms with van der Waals surface area (Å²) in [5.41, 5.74) is 2.22. The average Bonchev–Trinajstić information content (AvgIpc) is 2.74. The molecule has 0 saturated heterocycles. The Bertz CT molecular complexity index is 1020. The second kappa shape index (κ2) is 8.39. The lowest BCUT2D eigenvalue weighted by molar-refractivity contribution is -0.148. The van der Waals surface area contributed by atoms with E-state index in [-0.39, 0.29) is 16.2 Å². The molecule has 0 bridgehead atoms. The second-order valence-electron chi connectivity index (χ2n) is 11.9. The van der Waals surface area contributed by atoms with Crippen molar-refractivity contribution in [3.05, 3.63) is 65.2 Å². The first-order chi connectivity index (χ1) is 15.4. The number of rotatable bonds is 5. The van der Waals surface area contributed by atoms with E-state index in [2.05, 4.69) is 59.0 Å². The first-order valence-corrected chi connectivity index (χ1v) is 15.4. The molecule has 178 valence electrons. The van der Waals surface area contributed by atoms with Crippen LogP contribution in [0.5, 0.6) is 5.75 Å². The van der Waals surface area contributed by atoms with Gasteiger partial charge in [-0.2, -0.15) is 0 Å². The largest absolute Gasteiger partial charge is 0.543 e. The van der Waals surface area contributed by atoms with Gasteiger partial charge in [0.2, 0.25) is 8.32 Å². The third-order valence-electron chi connectivity index (χ3n) is 8.89. The molecule has 0 aliphatic heterocycles. The predicted molar refractivity (Wildman–Crippen MR) is 137 cm³/mol. The van der Waals surface area contributed by atoms with E-state index in [1.807, 2.05) is 30.3 Å². The molecule has 1 N–H and O–H groups in total. The number of fused-ring (bicyclic) bond motifs is 3. The zero-order chi connectivity index (χ0) is 24.1. The minimum Gasteiger partial charge on any atom is -0.543 e. The van der Waals surface area contributed by atoms with Crippen LogP contribution in [0.1, 0.15) is 70.1 Å². The lowest BCUT2D eigenvalue weighted by Crippen LogP contribution is -2.56. The van der Waals surface area contributed by atoms with E-state index in [1.165, 1.54) is 11.1 Å². The monoisotopic (exact) mass is 464 g/mol. The van der Waals surface area contributed by atoms with Crippen molar-refractivity contribution in [1.82, 2.24) is 0 Å². The molecule has 3 unspecified atom stereocenters. The average molecular weight is 465 g/mol. The number of carbonyl (C=O) groups is 1. The summed E-state index contributed by atoms with van der Waals surface area (Å²) in [7, 11) is -1.91. The van der Waals surface area contributed by atoms with Gasteiger partial charge in [0.1, 0.15) is 11.4 Å². The van der Waals surface area contributed by atoms with Crippen molar-refractivity contribution in [2.75, 3.05) is 0 Å². The van der Waals surface area contributed by atoms with Gasteiger partial charge in [-0.25, -0.2) is 0 Å². The summed E-state index contributed by atoms with van der Waals surface area (Å²) in [5, 5.41) is 11.6. The van der Waals surface area contributed by atoms with Gasteiger partial charge >= 0.3 is 0 Å². The van der Waals surface area contributed by atoms with Crippen LogP contribution in [-0.4, -0.2) is 24.8 Å². The lowest BCUT2D eigenvalue weighted by Gasteiger charge is -2.52. The Morgan fingerprint density at radius 1 is 1.12 bits per heavy atom. The summed E-state index contributed by atoms with van der Waals surface area (Å²) in [6, 6.07) is 16.5. The zero-order valence-corrected chi connectivity index (χ0v) is 22.2. The number of aryl methyl sites for hydroxylation is 1. The molecule has 3 nitrogen and oxygen atoms in total. The fourth-order valence-corrected chi connectivity index (χ4v) is 6.84. The smallest absolute Gasteiger partial charge is 0.250 e. The third kappa shape index (κ3) is 4.32. The Morgan fingerprint density at radius 2 is 1.82 bits per heavy atom. The molecule has 33 heavy (non-hydrogen) atoms. The van der Waals surface area contributed by atoms with Crippen LogP contribution in [0.15, 0.2) is 48.5 Å². The summed E-state index contributed by atoms with van der Waals surface area (Å²) in [5.74, 6) is 1.28. The van der Waals surface area contributed by atoms with E-state index in [1.54, 1.807) is 0 Å². The van der Waals surface area contributed by atoms with Crippen molar-refractivity contribution >= 4 is 14.1 Å². The number of aliphatic hydroxyl groups is 1. The lowest BCUT2D eigenvalue weighted by atomic mass is 9.52. The Balaban J connectivity index is 1.63. The Labute approximate surface area is 200 Å². The Hall–Kier alpha value is -1.91. The molecule has 1 fully saturated rings. The van der Waals surface area contributed by atoms with Crippen LogP contribution in [0, 0.1) is 5.92 Å². The minimum atomic E-state index is -1.91. The van der Waals surface area contributed by atoms with Crippen molar-refractivity contribution in [3.8, 4) is 5.75 Å². The van der Waals surface area contributed by atoms with Gasteiger partial charge in [0, 0.05) is 18.3 Å². The first-order valence-electron chi connectivity index (χ1n) is 12.5. The number of Topliss-reactive ketones (excluding diaryl/α,β-unsaturated/α-hetero) is 1. The van der Waals surface area contributed by atoms with Crippen LogP contribution in [0.25, 0.3) is 0 Å². The Kier molecular flexibility index (Phi) is 6.16. The maximum atomic E-state index is 13.4. The van der Waals surface area contributed by atoms with E-state index in [9.17, 15) is 9.90 Å². The number of hydrogen-bond donors (Lipinski definition) is 1. The second-order valence-corrected chi connectivity index (χ2v) is 16.6. The van der Waals surface area contributed by atoms with Crippen molar-refractivity contribution in [2.45, 2.75) is 95.4 Å². The summed E-state index contributed by atoms with van der Waals surface area (Å²) in [6.07, 6.45) is 4.29. The number of benzene rings is 2. The normalized spacial score (nSPS) is 27.6. The molecule has 2 aliphatic carbocycles. The molecule has 0 spiro atoms. The van der Waals surface area contributed by atoms with Crippen LogP contribution in [0.2, 0.25) is 18.1 Å². The van der Waals surface area contributed by atoms with Gasteiger partial charge < -0.3 is 9.53 Å². The van der Waals surface area contributed by atoms with Crippen molar-refractivity contribution in [1.29, 1.82) is 0 Å². The molecular formula is C29H40O3Si. The summed E-state index contributed by atoms with van der Waals surface area (Å²) >= 11 is 0. The molecule has 2 aromatic carbocycles. The molecule has 0 aromatic heterocycles. The molecule has 3 atom stereocenters. The topological polar surface area (TPSA) is 46.5 Å². The van der Waals surface area contributed by atoms with Gasteiger partial charge in [-0.05, 0) is 78.6 Å². The van der Waals surface area contributed by atoms with Crippen LogP contribution < -0.4 is 4.43 Å². The van der Waals surface area contributed by atoms with Crippen molar-refractivity contribution in [2.24, 2.45) is 5.92 Å². The summed E-state index contributed by atoms with van der Waals surface area (Å²) in [6.45, 7) is 13.6. The van der Waals surface area contributed by atoms with Crippen molar-refractivity contribution in [3.63, 3.8) is 0 Å². The zero-order valence-electron chi connectivity index (χ0n) is 21.2. The van der Waals surface area contributed by atoms with Gasteiger partial charge in [-0.15, -0.1) is 0 Å². The van der Waals surface area contributed by atoms with Crippen LogP contribution >= 0.6 is 0 Å². The van der Waals surface area contributed by atoms with Crippen LogP contribution in [0.4, 0.5) is 0 Å². The van der Waals surface area contributed by atoms with E-state index in [4.69, 9.17) is 4.43 Å². The fraction of sp³-hybridized carbons (Fsp3) is 0.552. The van der Waals surface area contributed by atoms with Crippen LogP contribution in [-0.2, 0) is 23.1 Å². The quantitative estimate of drug-likeness (QED) is 0.506.